The summed E-state index contributed by atoms with van der Waals surface area (Å²) < 4.78 is 17.6. The van der Waals surface area contributed by atoms with Crippen molar-refractivity contribution in [3.05, 3.63) is 35.6 Å². The second kappa shape index (κ2) is 2.84. The SMILES string of the molecule is COC(=O)C12CC(c3ccc(F)cc3)(C1)C2. The predicted molar refractivity (Wildman–Crippen MR) is 56.4 cm³/mol. The fourth-order valence-electron chi connectivity index (χ4n) is 3.33. The molecule has 2 bridgehead atoms. The van der Waals surface area contributed by atoms with E-state index in [1.54, 1.807) is 0 Å². The third-order valence-electron chi connectivity index (χ3n) is 4.11. The number of benzene rings is 1. The minimum atomic E-state index is -0.219. The normalized spacial score (nSPS) is 34.9. The van der Waals surface area contributed by atoms with Crippen LogP contribution in [-0.2, 0) is 14.9 Å². The number of rotatable bonds is 2. The number of halogens is 1. The second-order valence-electron chi connectivity index (χ2n) is 5.09. The maximum absolute atomic E-state index is 12.8. The Labute approximate surface area is 93.4 Å². The molecule has 84 valence electrons. The quantitative estimate of drug-likeness (QED) is 0.715. The Morgan fingerprint density at radius 3 is 2.31 bits per heavy atom. The van der Waals surface area contributed by atoms with E-state index in [0.29, 0.717) is 0 Å². The van der Waals surface area contributed by atoms with Crippen molar-refractivity contribution in [2.45, 2.75) is 24.7 Å². The monoisotopic (exact) mass is 220 g/mol. The average molecular weight is 220 g/mol. The molecular weight excluding hydrogens is 207 g/mol. The Morgan fingerprint density at radius 1 is 1.25 bits per heavy atom. The molecule has 1 aromatic carbocycles. The third-order valence-corrected chi connectivity index (χ3v) is 4.11. The van der Waals surface area contributed by atoms with Crippen molar-refractivity contribution in [3.8, 4) is 0 Å². The van der Waals surface area contributed by atoms with Gasteiger partial charge < -0.3 is 4.74 Å². The highest BCUT2D eigenvalue weighted by Gasteiger charge is 2.72. The van der Waals surface area contributed by atoms with Crippen molar-refractivity contribution in [2.24, 2.45) is 5.41 Å². The van der Waals surface area contributed by atoms with E-state index in [1.165, 1.54) is 19.2 Å². The number of hydrogen-bond donors (Lipinski definition) is 0. The second-order valence-corrected chi connectivity index (χ2v) is 5.09. The van der Waals surface area contributed by atoms with Crippen molar-refractivity contribution >= 4 is 5.97 Å². The fourth-order valence-corrected chi connectivity index (χ4v) is 3.33. The van der Waals surface area contributed by atoms with Crippen molar-refractivity contribution in [2.75, 3.05) is 7.11 Å². The van der Waals surface area contributed by atoms with Gasteiger partial charge in [-0.25, -0.2) is 4.39 Å². The molecule has 0 heterocycles. The van der Waals surface area contributed by atoms with Crippen LogP contribution in [0.25, 0.3) is 0 Å². The molecule has 0 radical (unpaired) electrons. The first kappa shape index (κ1) is 9.82. The smallest absolute Gasteiger partial charge is 0.311 e. The third kappa shape index (κ3) is 1.03. The zero-order valence-electron chi connectivity index (χ0n) is 9.13. The summed E-state index contributed by atoms with van der Waals surface area (Å²) in [6.07, 6.45) is 2.58. The molecular formula is C13H13FO2. The van der Waals surface area contributed by atoms with Crippen LogP contribution in [0.2, 0.25) is 0 Å². The molecule has 1 aromatic rings. The van der Waals surface area contributed by atoms with Gasteiger partial charge in [-0.05, 0) is 42.4 Å². The molecule has 0 saturated heterocycles. The van der Waals surface area contributed by atoms with Crippen molar-refractivity contribution in [1.82, 2.24) is 0 Å². The lowest BCUT2D eigenvalue weighted by atomic mass is 9.33. The summed E-state index contributed by atoms with van der Waals surface area (Å²) in [6, 6.07) is 6.63. The first-order chi connectivity index (χ1) is 7.60. The number of carbonyl (C=O) groups is 1. The molecule has 3 heteroatoms. The minimum Gasteiger partial charge on any atom is -0.469 e. The molecule has 4 rings (SSSR count). The largest absolute Gasteiger partial charge is 0.469 e. The highest BCUT2D eigenvalue weighted by Crippen LogP contribution is 2.73. The molecule has 16 heavy (non-hydrogen) atoms. The van der Waals surface area contributed by atoms with Crippen molar-refractivity contribution in [3.63, 3.8) is 0 Å². The topological polar surface area (TPSA) is 26.3 Å². The Morgan fingerprint density at radius 2 is 1.81 bits per heavy atom. The number of esters is 1. The predicted octanol–water partition coefficient (Wildman–Crippen LogP) is 2.42. The van der Waals surface area contributed by atoms with Gasteiger partial charge in [0.2, 0.25) is 0 Å². The van der Waals surface area contributed by atoms with E-state index in [0.717, 1.165) is 24.8 Å². The zero-order chi connectivity index (χ0) is 11.4. The molecule has 0 aromatic heterocycles. The van der Waals surface area contributed by atoms with E-state index in [1.807, 2.05) is 12.1 Å². The van der Waals surface area contributed by atoms with Crippen LogP contribution in [0.4, 0.5) is 4.39 Å². The highest BCUT2D eigenvalue weighted by molar-refractivity contribution is 5.82. The Kier molecular flexibility index (Phi) is 1.74. The number of carbonyl (C=O) groups excluding carboxylic acids is 1. The van der Waals surface area contributed by atoms with Gasteiger partial charge in [0, 0.05) is 0 Å². The molecule has 0 atom stereocenters. The average Bonchev–Trinajstić information content (AvgIpc) is 2.16. The van der Waals surface area contributed by atoms with Gasteiger partial charge in [0.1, 0.15) is 5.82 Å². The van der Waals surface area contributed by atoms with Crippen LogP contribution in [0.5, 0.6) is 0 Å². The lowest BCUT2D eigenvalue weighted by Crippen LogP contribution is -2.68. The summed E-state index contributed by atoms with van der Waals surface area (Å²) in [6.45, 7) is 0. The van der Waals surface area contributed by atoms with Crippen LogP contribution in [-0.4, -0.2) is 13.1 Å². The number of ether oxygens (including phenoxy) is 1. The maximum atomic E-state index is 12.8. The molecule has 3 fully saturated rings. The van der Waals surface area contributed by atoms with E-state index in [2.05, 4.69) is 0 Å². The van der Waals surface area contributed by atoms with Gasteiger partial charge in [-0.2, -0.15) is 0 Å². The van der Waals surface area contributed by atoms with E-state index >= 15 is 0 Å². The molecule has 3 saturated carbocycles. The van der Waals surface area contributed by atoms with Crippen molar-refractivity contribution < 1.29 is 13.9 Å². The summed E-state index contributed by atoms with van der Waals surface area (Å²) in [5.74, 6) is -0.297. The zero-order valence-corrected chi connectivity index (χ0v) is 9.13. The Bertz CT molecular complexity index is 430. The first-order valence-corrected chi connectivity index (χ1v) is 5.45. The molecule has 0 aliphatic heterocycles. The van der Waals surface area contributed by atoms with Crippen LogP contribution in [0.15, 0.2) is 24.3 Å². The summed E-state index contributed by atoms with van der Waals surface area (Å²) in [4.78, 5) is 11.5. The van der Waals surface area contributed by atoms with Gasteiger partial charge in [0.15, 0.2) is 0 Å². The Balaban J connectivity index is 1.78. The van der Waals surface area contributed by atoms with Gasteiger partial charge in [-0.3, -0.25) is 4.79 Å². The fraction of sp³-hybridized carbons (Fsp3) is 0.462. The molecule has 0 spiro atoms. The van der Waals surface area contributed by atoms with Gasteiger partial charge in [0.05, 0.1) is 12.5 Å². The first-order valence-electron chi connectivity index (χ1n) is 5.45. The van der Waals surface area contributed by atoms with E-state index in [9.17, 15) is 9.18 Å². The lowest BCUT2D eigenvalue weighted by Gasteiger charge is -2.68. The summed E-state index contributed by atoms with van der Waals surface area (Å²) in [5, 5.41) is 0. The minimum absolute atomic E-state index is 0.0866. The summed E-state index contributed by atoms with van der Waals surface area (Å²) in [5.41, 5.74) is 1.06. The Hall–Kier alpha value is -1.38. The maximum Gasteiger partial charge on any atom is 0.311 e. The van der Waals surface area contributed by atoms with Crippen molar-refractivity contribution in [1.29, 1.82) is 0 Å². The van der Waals surface area contributed by atoms with Gasteiger partial charge in [0.25, 0.3) is 0 Å². The lowest BCUT2D eigenvalue weighted by molar-refractivity contribution is -0.198. The van der Waals surface area contributed by atoms with Crippen LogP contribution < -0.4 is 0 Å². The van der Waals surface area contributed by atoms with Crippen LogP contribution in [0.1, 0.15) is 24.8 Å². The van der Waals surface area contributed by atoms with E-state index in [-0.39, 0.29) is 22.6 Å². The molecule has 0 N–H and O–H groups in total. The van der Waals surface area contributed by atoms with Crippen LogP contribution in [0, 0.1) is 11.2 Å². The van der Waals surface area contributed by atoms with Crippen LogP contribution in [0.3, 0.4) is 0 Å². The summed E-state index contributed by atoms with van der Waals surface area (Å²) >= 11 is 0. The highest BCUT2D eigenvalue weighted by atomic mass is 19.1. The standard InChI is InChI=1S/C13H13FO2/c1-16-11(15)13-6-12(7-13,8-13)9-2-4-10(14)5-3-9/h2-5H,6-8H2,1H3. The molecule has 3 aliphatic carbocycles. The number of methoxy groups -OCH3 is 1. The van der Waals surface area contributed by atoms with E-state index in [4.69, 9.17) is 4.74 Å². The molecule has 0 amide bonds. The van der Waals surface area contributed by atoms with E-state index < -0.39 is 0 Å². The summed E-state index contributed by atoms with van der Waals surface area (Å²) in [7, 11) is 1.44. The van der Waals surface area contributed by atoms with Gasteiger partial charge >= 0.3 is 5.97 Å². The molecule has 2 nitrogen and oxygen atoms in total. The van der Waals surface area contributed by atoms with Crippen LogP contribution >= 0.6 is 0 Å². The molecule has 0 unspecified atom stereocenters. The number of hydrogen-bond acceptors (Lipinski definition) is 2. The molecule has 3 aliphatic rings. The van der Waals surface area contributed by atoms with Gasteiger partial charge in [-0.1, -0.05) is 12.1 Å². The van der Waals surface area contributed by atoms with Gasteiger partial charge in [-0.15, -0.1) is 0 Å².